The fraction of sp³-hybridized carbons (Fsp3) is 0.304. The van der Waals surface area contributed by atoms with Gasteiger partial charge in [-0.25, -0.2) is 9.89 Å². The van der Waals surface area contributed by atoms with Crippen LogP contribution in [0, 0.1) is 5.92 Å². The number of nitrogens with zero attached hydrogens (tertiary/aromatic N) is 3. The van der Waals surface area contributed by atoms with Crippen molar-refractivity contribution in [2.75, 3.05) is 12.9 Å². The minimum Gasteiger partial charge on any atom is -0.497 e. The summed E-state index contributed by atoms with van der Waals surface area (Å²) in [5, 5.41) is 3.39. The summed E-state index contributed by atoms with van der Waals surface area (Å²) in [4.78, 5) is 36.4. The number of carbonyl (C=O) groups excluding carboxylic acids is 2. The highest BCUT2D eigenvalue weighted by Gasteiger charge is 2.42. The van der Waals surface area contributed by atoms with Crippen molar-refractivity contribution in [1.82, 2.24) is 10.2 Å². The minimum atomic E-state index is -0.436. The zero-order valence-electron chi connectivity index (χ0n) is 17.7. The highest BCUT2D eigenvalue weighted by molar-refractivity contribution is 8.14. The van der Waals surface area contributed by atoms with Gasteiger partial charge < -0.3 is 10.1 Å². The van der Waals surface area contributed by atoms with Gasteiger partial charge in [0.15, 0.2) is 5.17 Å². The van der Waals surface area contributed by atoms with Crippen molar-refractivity contribution in [2.24, 2.45) is 15.9 Å². The van der Waals surface area contributed by atoms with Crippen molar-refractivity contribution in [3.05, 3.63) is 59.7 Å². The largest absolute Gasteiger partial charge is 0.497 e. The minimum absolute atomic E-state index is 0.0789. The molecule has 2 aromatic carbocycles. The number of aliphatic imine (C=N–C) groups is 2. The Balaban J connectivity index is 1.46. The summed E-state index contributed by atoms with van der Waals surface area (Å²) in [5.74, 6) is 1.36. The molecule has 0 aliphatic carbocycles. The van der Waals surface area contributed by atoms with Gasteiger partial charge in [0.25, 0.3) is 5.91 Å². The van der Waals surface area contributed by atoms with Crippen LogP contribution >= 0.6 is 11.8 Å². The van der Waals surface area contributed by atoms with Gasteiger partial charge in [-0.15, -0.1) is 0 Å². The molecule has 2 amide bonds. The number of amides is 2. The summed E-state index contributed by atoms with van der Waals surface area (Å²) in [5.41, 5.74) is 2.55. The summed E-state index contributed by atoms with van der Waals surface area (Å²) in [6.07, 6.45) is 0. The Labute approximate surface area is 185 Å². The van der Waals surface area contributed by atoms with Crippen molar-refractivity contribution >= 4 is 40.3 Å². The van der Waals surface area contributed by atoms with E-state index in [1.807, 2.05) is 62.4 Å². The summed E-state index contributed by atoms with van der Waals surface area (Å²) < 4.78 is 5.21. The first-order chi connectivity index (χ1) is 15.0. The van der Waals surface area contributed by atoms with Crippen LogP contribution < -0.4 is 10.1 Å². The van der Waals surface area contributed by atoms with Gasteiger partial charge in [0.1, 0.15) is 17.6 Å². The zero-order chi connectivity index (χ0) is 22.0. The molecule has 4 rings (SSSR count). The van der Waals surface area contributed by atoms with E-state index >= 15 is 0 Å². The van der Waals surface area contributed by atoms with E-state index in [0.717, 1.165) is 22.6 Å². The number of benzene rings is 2. The molecule has 2 aliphatic rings. The second kappa shape index (κ2) is 8.93. The molecule has 0 saturated carbocycles. The monoisotopic (exact) mass is 436 g/mol. The van der Waals surface area contributed by atoms with E-state index in [9.17, 15) is 9.59 Å². The van der Waals surface area contributed by atoms with E-state index in [2.05, 4.69) is 15.3 Å². The Hall–Kier alpha value is -3.13. The average molecular weight is 437 g/mol. The second-order valence-electron chi connectivity index (χ2n) is 7.64. The van der Waals surface area contributed by atoms with Crippen LogP contribution in [-0.4, -0.2) is 46.6 Å². The van der Waals surface area contributed by atoms with Crippen molar-refractivity contribution in [2.45, 2.75) is 26.4 Å². The number of ether oxygens (including phenoxy) is 1. The first kappa shape index (κ1) is 21.1. The summed E-state index contributed by atoms with van der Waals surface area (Å²) in [6.45, 7) is 4.36. The van der Waals surface area contributed by atoms with Gasteiger partial charge in [0.2, 0.25) is 5.91 Å². The molecule has 0 spiro atoms. The van der Waals surface area contributed by atoms with Crippen LogP contribution in [0.15, 0.2) is 58.5 Å². The van der Waals surface area contributed by atoms with Gasteiger partial charge in [-0.1, -0.05) is 49.9 Å². The van der Waals surface area contributed by atoms with Crippen LogP contribution in [-0.2, 0) is 16.1 Å². The molecular formula is C23H24N4O3S. The van der Waals surface area contributed by atoms with Crippen LogP contribution in [0.2, 0.25) is 0 Å². The van der Waals surface area contributed by atoms with Gasteiger partial charge in [-0.2, -0.15) is 0 Å². The van der Waals surface area contributed by atoms with E-state index in [1.165, 1.54) is 11.8 Å². The number of para-hydroxylation sites is 1. The molecule has 160 valence electrons. The molecule has 0 fully saturated rings. The molecule has 2 aliphatic heterocycles. The molecule has 8 heteroatoms. The van der Waals surface area contributed by atoms with E-state index < -0.39 is 6.04 Å². The lowest BCUT2D eigenvalue weighted by atomic mass is 10.1. The van der Waals surface area contributed by atoms with Gasteiger partial charge in [0.05, 0.1) is 18.6 Å². The van der Waals surface area contributed by atoms with Crippen LogP contribution in [0.5, 0.6) is 5.75 Å². The molecule has 0 bridgehead atoms. The first-order valence-corrected chi connectivity index (χ1v) is 11.1. The Morgan fingerprint density at radius 1 is 1.23 bits per heavy atom. The van der Waals surface area contributed by atoms with Gasteiger partial charge in [-0.05, 0) is 35.7 Å². The number of nitrogens with one attached hydrogen (secondary N) is 1. The van der Waals surface area contributed by atoms with Gasteiger partial charge in [-0.3, -0.25) is 14.6 Å². The second-order valence-corrected chi connectivity index (χ2v) is 8.59. The standard InChI is InChI=1S/C23H24N4O3S/c1-14(2)20-22(29)27-21(26-20)17-9-4-5-10-18(17)25-23(27)31-13-19(28)24-12-15-7-6-8-16(11-15)30-3/h4-11,14,20H,12-13H2,1-3H3,(H,24,28)/t20-/m1/s1. The lowest BCUT2D eigenvalue weighted by Gasteiger charge is -2.25. The molecule has 1 atom stereocenters. The molecule has 1 N–H and O–H groups in total. The SMILES string of the molecule is COc1cccc(CNC(=O)CSC2=Nc3ccccc3C3=N[C@H](C(C)C)C(=O)N23)c1. The predicted octanol–water partition coefficient (Wildman–Crippen LogP) is 3.36. The highest BCUT2D eigenvalue weighted by Crippen LogP contribution is 2.34. The molecule has 0 saturated heterocycles. The highest BCUT2D eigenvalue weighted by atomic mass is 32.2. The summed E-state index contributed by atoms with van der Waals surface area (Å²) in [6, 6.07) is 14.7. The van der Waals surface area contributed by atoms with Crippen molar-refractivity contribution in [3.63, 3.8) is 0 Å². The normalized spacial score (nSPS) is 17.1. The number of hydrogen-bond donors (Lipinski definition) is 1. The maximum absolute atomic E-state index is 13.0. The molecule has 7 nitrogen and oxygen atoms in total. The number of methoxy groups -OCH3 is 1. The molecule has 0 unspecified atom stereocenters. The molecule has 0 radical (unpaired) electrons. The molecule has 2 heterocycles. The van der Waals surface area contributed by atoms with Crippen molar-refractivity contribution < 1.29 is 14.3 Å². The van der Waals surface area contributed by atoms with Crippen LogP contribution in [0.25, 0.3) is 0 Å². The third-order valence-corrected chi connectivity index (χ3v) is 6.03. The predicted molar refractivity (Wildman–Crippen MR) is 123 cm³/mol. The topological polar surface area (TPSA) is 83.4 Å². The quantitative estimate of drug-likeness (QED) is 0.753. The zero-order valence-corrected chi connectivity index (χ0v) is 18.5. The number of amidine groups is 2. The maximum atomic E-state index is 13.0. The van der Waals surface area contributed by atoms with Gasteiger partial charge in [0, 0.05) is 12.1 Å². The Morgan fingerprint density at radius 2 is 2.03 bits per heavy atom. The van der Waals surface area contributed by atoms with Gasteiger partial charge >= 0.3 is 0 Å². The fourth-order valence-corrected chi connectivity index (χ4v) is 4.30. The van der Waals surface area contributed by atoms with Crippen molar-refractivity contribution in [1.29, 1.82) is 0 Å². The number of thioether (sulfide) groups is 1. The average Bonchev–Trinajstić information content (AvgIpc) is 3.14. The third kappa shape index (κ3) is 4.34. The van der Waals surface area contributed by atoms with Crippen LogP contribution in [0.3, 0.4) is 0 Å². The van der Waals surface area contributed by atoms with E-state index in [-0.39, 0.29) is 23.5 Å². The Morgan fingerprint density at radius 3 is 2.81 bits per heavy atom. The number of hydrogen-bond acceptors (Lipinski definition) is 6. The van der Waals surface area contributed by atoms with E-state index in [4.69, 9.17) is 4.74 Å². The van der Waals surface area contributed by atoms with Crippen molar-refractivity contribution in [3.8, 4) is 5.75 Å². The molecule has 31 heavy (non-hydrogen) atoms. The summed E-state index contributed by atoms with van der Waals surface area (Å²) in [7, 11) is 1.61. The fourth-order valence-electron chi connectivity index (χ4n) is 3.46. The van der Waals surface area contributed by atoms with E-state index in [1.54, 1.807) is 12.0 Å². The lowest BCUT2D eigenvalue weighted by molar-refractivity contribution is -0.125. The number of carbonyl (C=O) groups is 2. The van der Waals surface area contributed by atoms with Crippen LogP contribution in [0.4, 0.5) is 5.69 Å². The number of rotatable bonds is 6. The first-order valence-electron chi connectivity index (χ1n) is 10.1. The maximum Gasteiger partial charge on any atom is 0.259 e. The Kier molecular flexibility index (Phi) is 6.08. The van der Waals surface area contributed by atoms with E-state index in [0.29, 0.717) is 17.5 Å². The van der Waals surface area contributed by atoms with Crippen LogP contribution in [0.1, 0.15) is 25.0 Å². The number of fused-ring (bicyclic) bond motifs is 3. The molecule has 0 aromatic heterocycles. The smallest absolute Gasteiger partial charge is 0.259 e. The molecular weight excluding hydrogens is 412 g/mol. The summed E-state index contributed by atoms with van der Waals surface area (Å²) >= 11 is 1.24. The lowest BCUT2D eigenvalue weighted by Crippen LogP contribution is -2.42. The molecule has 2 aromatic rings. The Bertz CT molecular complexity index is 1080. The third-order valence-electron chi connectivity index (χ3n) is 5.09.